The molecule has 2 aromatic heterocycles. The second-order valence-electron chi connectivity index (χ2n) is 5.24. The largest absolute Gasteiger partial charge is 0.394 e. The van der Waals surface area contributed by atoms with Gasteiger partial charge in [-0.3, -0.25) is 9.36 Å². The van der Waals surface area contributed by atoms with Crippen LogP contribution < -0.4 is 5.56 Å². The van der Waals surface area contributed by atoms with Crippen molar-refractivity contribution in [3.05, 3.63) is 33.0 Å². The summed E-state index contributed by atoms with van der Waals surface area (Å²) < 4.78 is 6.94. The Labute approximate surface area is 129 Å². The fourth-order valence-electron chi connectivity index (χ4n) is 2.57. The minimum absolute atomic E-state index is 0.0867. The van der Waals surface area contributed by atoms with Crippen LogP contribution in [0, 0.1) is 11.7 Å². The van der Waals surface area contributed by atoms with Gasteiger partial charge in [0.2, 0.25) is 10.3 Å². The summed E-state index contributed by atoms with van der Waals surface area (Å²) in [5.41, 5.74) is 0.761. The van der Waals surface area contributed by atoms with E-state index in [4.69, 9.17) is 22.1 Å². The van der Waals surface area contributed by atoms with Gasteiger partial charge < -0.3 is 25.0 Å². The predicted molar refractivity (Wildman–Crippen MR) is 78.9 cm³/mol. The van der Waals surface area contributed by atoms with Gasteiger partial charge in [-0.2, -0.15) is 0 Å². The molecule has 1 fully saturated rings. The molecule has 118 valence electrons. The summed E-state index contributed by atoms with van der Waals surface area (Å²) in [6, 6.07) is 1.43. The first-order valence-corrected chi connectivity index (χ1v) is 7.08. The molecule has 1 aliphatic heterocycles. The Morgan fingerprint density at radius 3 is 2.82 bits per heavy atom. The Kier molecular flexibility index (Phi) is 3.83. The quantitative estimate of drug-likeness (QED) is 0.543. The molecule has 4 N–H and O–H groups in total. The van der Waals surface area contributed by atoms with Crippen molar-refractivity contribution in [3.63, 3.8) is 0 Å². The fraction of sp³-hybridized carbons (Fsp3) is 0.462. The number of hydrogen-bond donors (Lipinski definition) is 4. The lowest BCUT2D eigenvalue weighted by Crippen LogP contribution is -2.33. The summed E-state index contributed by atoms with van der Waals surface area (Å²) in [7, 11) is 0. The van der Waals surface area contributed by atoms with E-state index in [0.717, 1.165) is 0 Å². The highest BCUT2D eigenvalue weighted by Crippen LogP contribution is 2.30. The van der Waals surface area contributed by atoms with Gasteiger partial charge in [0.25, 0.3) is 0 Å². The SMILES string of the molecule is Cc1cc(=O)[nH]c2nc(=S)n([C@@H]3O[C@H](CO)C(O)C3O)cc12. The lowest BCUT2D eigenvalue weighted by atomic mass is 10.1. The second-order valence-corrected chi connectivity index (χ2v) is 5.60. The van der Waals surface area contributed by atoms with Crippen LogP contribution in [0.1, 0.15) is 11.8 Å². The number of aromatic nitrogens is 3. The van der Waals surface area contributed by atoms with Crippen LogP contribution in [0.2, 0.25) is 0 Å². The zero-order chi connectivity index (χ0) is 16.0. The highest BCUT2D eigenvalue weighted by Gasteiger charge is 2.43. The molecular formula is C13H15N3O5S. The molecule has 0 aromatic carbocycles. The number of hydrogen-bond acceptors (Lipinski definition) is 7. The van der Waals surface area contributed by atoms with E-state index in [9.17, 15) is 15.0 Å². The average molecular weight is 325 g/mol. The number of aliphatic hydroxyl groups is 3. The van der Waals surface area contributed by atoms with Crippen LogP contribution in [0.5, 0.6) is 0 Å². The van der Waals surface area contributed by atoms with Crippen molar-refractivity contribution in [2.24, 2.45) is 0 Å². The molecule has 0 aliphatic carbocycles. The lowest BCUT2D eigenvalue weighted by Gasteiger charge is -2.19. The topological polar surface area (TPSA) is 121 Å². The van der Waals surface area contributed by atoms with E-state index in [2.05, 4.69) is 9.97 Å². The smallest absolute Gasteiger partial charge is 0.249 e. The van der Waals surface area contributed by atoms with Crippen LogP contribution in [-0.4, -0.2) is 54.8 Å². The summed E-state index contributed by atoms with van der Waals surface area (Å²) in [4.78, 5) is 18.2. The summed E-state index contributed by atoms with van der Waals surface area (Å²) in [6.07, 6.45) is -2.70. The van der Waals surface area contributed by atoms with Gasteiger partial charge in [-0.25, -0.2) is 4.98 Å². The van der Waals surface area contributed by atoms with Gasteiger partial charge in [-0.05, 0) is 24.7 Å². The van der Waals surface area contributed by atoms with Crippen LogP contribution in [-0.2, 0) is 4.74 Å². The molecule has 9 heteroatoms. The normalized spacial score (nSPS) is 28.4. The third-order valence-electron chi connectivity index (χ3n) is 3.76. The number of H-pyrrole nitrogens is 1. The lowest BCUT2D eigenvalue weighted by molar-refractivity contribution is -0.0538. The summed E-state index contributed by atoms with van der Waals surface area (Å²) in [5.74, 6) is 0. The van der Waals surface area contributed by atoms with E-state index in [-0.39, 0.29) is 10.3 Å². The van der Waals surface area contributed by atoms with Crippen molar-refractivity contribution in [2.45, 2.75) is 31.5 Å². The van der Waals surface area contributed by atoms with Crippen molar-refractivity contribution < 1.29 is 20.1 Å². The van der Waals surface area contributed by atoms with Crippen LogP contribution in [0.15, 0.2) is 17.1 Å². The number of aliphatic hydroxyl groups excluding tert-OH is 3. The van der Waals surface area contributed by atoms with Crippen molar-refractivity contribution in [2.75, 3.05) is 6.61 Å². The number of fused-ring (bicyclic) bond motifs is 1. The van der Waals surface area contributed by atoms with E-state index in [1.807, 2.05) is 0 Å². The van der Waals surface area contributed by atoms with Crippen molar-refractivity contribution in [3.8, 4) is 0 Å². The first-order valence-electron chi connectivity index (χ1n) is 6.67. The van der Waals surface area contributed by atoms with Crippen LogP contribution in [0.3, 0.4) is 0 Å². The molecule has 0 amide bonds. The van der Waals surface area contributed by atoms with Gasteiger partial charge in [0.1, 0.15) is 24.0 Å². The van der Waals surface area contributed by atoms with Gasteiger partial charge >= 0.3 is 0 Å². The number of ether oxygens (including phenoxy) is 1. The van der Waals surface area contributed by atoms with Gasteiger partial charge in [-0.1, -0.05) is 0 Å². The highest BCUT2D eigenvalue weighted by atomic mass is 32.1. The summed E-state index contributed by atoms with van der Waals surface area (Å²) >= 11 is 5.16. The van der Waals surface area contributed by atoms with Crippen molar-refractivity contribution >= 4 is 23.3 Å². The van der Waals surface area contributed by atoms with Crippen LogP contribution >= 0.6 is 12.2 Å². The highest BCUT2D eigenvalue weighted by molar-refractivity contribution is 7.71. The van der Waals surface area contributed by atoms with Gasteiger partial charge in [-0.15, -0.1) is 0 Å². The maximum Gasteiger partial charge on any atom is 0.249 e. The first-order chi connectivity index (χ1) is 10.4. The standard InChI is InChI=1S/C13H15N3O5S/c1-5-2-8(18)14-11-6(5)3-16(13(22)15-11)12-10(20)9(19)7(4-17)21-12/h2-3,7,9-10,12,17,19-20H,4H2,1H3,(H,14,15,18,22)/t7-,9?,10?,12-/m1/s1. The summed E-state index contributed by atoms with van der Waals surface area (Å²) in [5, 5.41) is 29.7. The molecule has 0 spiro atoms. The van der Waals surface area contributed by atoms with Crippen LogP contribution in [0.4, 0.5) is 0 Å². The molecule has 4 atom stereocenters. The molecule has 1 aliphatic rings. The molecule has 2 unspecified atom stereocenters. The Morgan fingerprint density at radius 2 is 2.18 bits per heavy atom. The maximum atomic E-state index is 11.5. The zero-order valence-electron chi connectivity index (χ0n) is 11.6. The number of nitrogens with zero attached hydrogens (tertiary/aromatic N) is 2. The molecule has 0 radical (unpaired) electrons. The van der Waals surface area contributed by atoms with E-state index in [1.54, 1.807) is 13.1 Å². The Hall–Kier alpha value is -1.65. The van der Waals surface area contributed by atoms with E-state index >= 15 is 0 Å². The monoisotopic (exact) mass is 325 g/mol. The second kappa shape index (κ2) is 5.52. The molecule has 8 nitrogen and oxygen atoms in total. The number of rotatable bonds is 2. The number of aryl methyl sites for hydroxylation is 1. The Morgan fingerprint density at radius 1 is 1.45 bits per heavy atom. The van der Waals surface area contributed by atoms with E-state index in [0.29, 0.717) is 16.6 Å². The first kappa shape index (κ1) is 15.3. The molecule has 3 heterocycles. The maximum absolute atomic E-state index is 11.5. The van der Waals surface area contributed by atoms with Crippen molar-refractivity contribution in [1.82, 2.24) is 14.5 Å². The molecule has 3 rings (SSSR count). The molecular weight excluding hydrogens is 310 g/mol. The fourth-order valence-corrected chi connectivity index (χ4v) is 2.82. The van der Waals surface area contributed by atoms with E-state index in [1.165, 1.54) is 10.6 Å². The van der Waals surface area contributed by atoms with Gasteiger partial charge in [0, 0.05) is 17.6 Å². The third kappa shape index (κ3) is 2.36. The molecule has 2 aromatic rings. The molecule has 0 saturated carbocycles. The predicted octanol–water partition coefficient (Wildman–Crippen LogP) is -0.626. The van der Waals surface area contributed by atoms with Gasteiger partial charge in [0.05, 0.1) is 6.61 Å². The Bertz CT molecular complexity index is 833. The van der Waals surface area contributed by atoms with Crippen LogP contribution in [0.25, 0.3) is 11.0 Å². The van der Waals surface area contributed by atoms with E-state index < -0.39 is 31.1 Å². The molecule has 1 saturated heterocycles. The average Bonchev–Trinajstić information content (AvgIpc) is 2.74. The minimum Gasteiger partial charge on any atom is -0.394 e. The number of pyridine rings is 1. The number of nitrogens with one attached hydrogen (secondary N) is 1. The minimum atomic E-state index is -1.24. The van der Waals surface area contributed by atoms with Gasteiger partial charge in [0.15, 0.2) is 6.23 Å². The summed E-state index contributed by atoms with van der Waals surface area (Å²) in [6.45, 7) is 1.33. The molecule has 0 bridgehead atoms. The Balaban J connectivity index is 2.14. The van der Waals surface area contributed by atoms with Crippen molar-refractivity contribution in [1.29, 1.82) is 0 Å². The third-order valence-corrected chi connectivity index (χ3v) is 4.06. The number of aromatic amines is 1. The zero-order valence-corrected chi connectivity index (χ0v) is 12.4. The molecule has 22 heavy (non-hydrogen) atoms.